The number of amides is 1. The second-order valence-corrected chi connectivity index (χ2v) is 9.61. The van der Waals surface area contributed by atoms with Crippen LogP contribution < -0.4 is 20.7 Å². The molecule has 1 aromatic carbocycles. The van der Waals surface area contributed by atoms with Crippen molar-refractivity contribution in [1.29, 1.82) is 0 Å². The van der Waals surface area contributed by atoms with E-state index in [1.807, 2.05) is 52.0 Å². The maximum atomic E-state index is 11.8. The number of guanidine groups is 1. The van der Waals surface area contributed by atoms with Crippen molar-refractivity contribution >= 4 is 51.7 Å². The molecule has 4 N–H and O–H groups in total. The van der Waals surface area contributed by atoms with Gasteiger partial charge in [0, 0.05) is 31.9 Å². The highest BCUT2D eigenvalue weighted by molar-refractivity contribution is 14.0. The predicted molar refractivity (Wildman–Crippen MR) is 137 cm³/mol. The summed E-state index contributed by atoms with van der Waals surface area (Å²) in [5.41, 5.74) is 1.26. The van der Waals surface area contributed by atoms with E-state index in [1.165, 1.54) is 0 Å². The monoisotopic (exact) mass is 569 g/mol. The highest BCUT2D eigenvalue weighted by Gasteiger charge is 2.16. The van der Waals surface area contributed by atoms with E-state index in [2.05, 4.69) is 25.7 Å². The number of anilines is 1. The number of hydrogen-bond donors (Lipinski definition) is 4. The minimum atomic E-state index is -3.16. The van der Waals surface area contributed by atoms with Gasteiger partial charge in [-0.05, 0) is 58.2 Å². The number of sulfonamides is 1. The van der Waals surface area contributed by atoms with Crippen LogP contribution in [0.1, 0.15) is 39.7 Å². The van der Waals surface area contributed by atoms with Crippen LogP contribution in [0, 0.1) is 0 Å². The van der Waals surface area contributed by atoms with Gasteiger partial charge in [-0.2, -0.15) is 0 Å². The fourth-order valence-electron chi connectivity index (χ4n) is 2.37. The second-order valence-electron chi connectivity index (χ2n) is 7.78. The van der Waals surface area contributed by atoms with Crippen molar-refractivity contribution in [3.63, 3.8) is 0 Å². The topological polar surface area (TPSA) is 121 Å². The smallest absolute Gasteiger partial charge is 0.412 e. The lowest BCUT2D eigenvalue weighted by molar-refractivity contribution is 0.0636. The number of rotatable bonds is 10. The van der Waals surface area contributed by atoms with Gasteiger partial charge < -0.3 is 15.4 Å². The van der Waals surface area contributed by atoms with Crippen molar-refractivity contribution in [2.24, 2.45) is 4.99 Å². The van der Waals surface area contributed by atoms with Crippen LogP contribution in [0.3, 0.4) is 0 Å². The molecular formula is C20H36IN5O4S. The molecule has 0 aromatic heterocycles. The van der Waals surface area contributed by atoms with Crippen LogP contribution in [0.4, 0.5) is 10.5 Å². The average Bonchev–Trinajstić information content (AvgIpc) is 2.60. The Morgan fingerprint density at radius 1 is 1.10 bits per heavy atom. The Bertz CT molecular complexity index is 793. The van der Waals surface area contributed by atoms with Crippen LogP contribution in [0.2, 0.25) is 0 Å². The van der Waals surface area contributed by atoms with Crippen molar-refractivity contribution in [1.82, 2.24) is 15.4 Å². The summed E-state index contributed by atoms with van der Waals surface area (Å²) in [6.07, 6.45) is 2.07. The van der Waals surface area contributed by atoms with Crippen LogP contribution in [0.25, 0.3) is 0 Å². The Balaban J connectivity index is 0.00000900. The molecule has 0 atom stereocenters. The zero-order valence-electron chi connectivity index (χ0n) is 18.9. The van der Waals surface area contributed by atoms with Gasteiger partial charge in [0.25, 0.3) is 0 Å². The van der Waals surface area contributed by atoms with Gasteiger partial charge in [-0.1, -0.05) is 12.1 Å². The largest absolute Gasteiger partial charge is 0.444 e. The first-order valence-electron chi connectivity index (χ1n) is 10.0. The predicted octanol–water partition coefficient (Wildman–Crippen LogP) is 2.69. The van der Waals surface area contributed by atoms with Gasteiger partial charge >= 0.3 is 6.09 Å². The number of hydrogen-bond acceptors (Lipinski definition) is 5. The molecular weight excluding hydrogens is 533 g/mol. The molecule has 0 aliphatic carbocycles. The third kappa shape index (κ3) is 15.8. The molecule has 0 aliphatic rings. The Labute approximate surface area is 203 Å². The molecule has 0 heterocycles. The van der Waals surface area contributed by atoms with Gasteiger partial charge in [0.1, 0.15) is 5.60 Å². The minimum Gasteiger partial charge on any atom is -0.444 e. The lowest BCUT2D eigenvalue weighted by Crippen LogP contribution is -2.38. The number of nitrogens with zero attached hydrogens (tertiary/aromatic N) is 1. The van der Waals surface area contributed by atoms with E-state index in [1.54, 1.807) is 0 Å². The number of benzene rings is 1. The molecule has 0 unspecified atom stereocenters. The fraction of sp³-hybridized carbons (Fsp3) is 0.600. The van der Waals surface area contributed by atoms with Gasteiger partial charge in [0.2, 0.25) is 10.0 Å². The van der Waals surface area contributed by atoms with E-state index in [4.69, 9.17) is 4.74 Å². The molecule has 0 spiro atoms. The van der Waals surface area contributed by atoms with Gasteiger partial charge in [0.15, 0.2) is 5.96 Å². The zero-order chi connectivity index (χ0) is 22.6. The maximum absolute atomic E-state index is 11.8. The van der Waals surface area contributed by atoms with Crippen molar-refractivity contribution in [3.8, 4) is 0 Å². The molecule has 31 heavy (non-hydrogen) atoms. The Morgan fingerprint density at radius 2 is 1.74 bits per heavy atom. The van der Waals surface area contributed by atoms with Gasteiger partial charge in [-0.15, -0.1) is 24.0 Å². The van der Waals surface area contributed by atoms with E-state index in [-0.39, 0.29) is 24.0 Å². The molecule has 0 radical (unpaired) electrons. The first-order chi connectivity index (χ1) is 14.0. The molecule has 0 saturated carbocycles. The summed E-state index contributed by atoms with van der Waals surface area (Å²) in [4.78, 5) is 16.2. The summed E-state index contributed by atoms with van der Waals surface area (Å²) in [7, 11) is -3.16. The third-order valence-corrected chi connectivity index (χ3v) is 4.35. The minimum absolute atomic E-state index is 0. The van der Waals surface area contributed by atoms with Crippen molar-refractivity contribution in [2.75, 3.05) is 37.8 Å². The van der Waals surface area contributed by atoms with Gasteiger partial charge in [-0.25, -0.2) is 17.9 Å². The Morgan fingerprint density at radius 3 is 2.29 bits per heavy atom. The lowest BCUT2D eigenvalue weighted by Gasteiger charge is -2.19. The van der Waals surface area contributed by atoms with Crippen molar-refractivity contribution < 1.29 is 17.9 Å². The molecule has 0 saturated heterocycles. The van der Waals surface area contributed by atoms with Crippen LogP contribution in [0.5, 0.6) is 0 Å². The summed E-state index contributed by atoms with van der Waals surface area (Å²) < 4.78 is 29.8. The number of ether oxygens (including phenoxy) is 1. The summed E-state index contributed by atoms with van der Waals surface area (Å²) in [6.45, 7) is 9.75. The first kappa shape index (κ1) is 29.4. The normalized spacial score (nSPS) is 12.0. The van der Waals surface area contributed by atoms with E-state index in [9.17, 15) is 13.2 Å². The Hall–Kier alpha value is -1.60. The van der Waals surface area contributed by atoms with Crippen molar-refractivity contribution in [2.45, 2.75) is 46.1 Å². The number of carbonyl (C=O) groups excluding carboxylic acids is 1. The highest BCUT2D eigenvalue weighted by Crippen LogP contribution is 2.13. The van der Waals surface area contributed by atoms with Crippen LogP contribution >= 0.6 is 24.0 Å². The third-order valence-electron chi connectivity index (χ3n) is 3.62. The van der Waals surface area contributed by atoms with Crippen molar-refractivity contribution in [3.05, 3.63) is 29.8 Å². The number of halogens is 1. The zero-order valence-corrected chi connectivity index (χ0v) is 22.1. The molecule has 0 fully saturated rings. The van der Waals surface area contributed by atoms with Crippen LogP contribution in [-0.2, 0) is 21.2 Å². The number of nitrogens with one attached hydrogen (secondary N) is 4. The second kappa shape index (κ2) is 14.5. The number of carbonyl (C=O) groups is 1. The SMILES string of the molecule is CCNC(=NCCCNS(C)(=O)=O)NCCc1ccc(NC(=O)OC(C)(C)C)cc1.I. The molecule has 11 heteroatoms. The standard InChI is InChI=1S/C20H35N5O4S.HI/c1-6-21-18(22-13-7-14-24-30(5,27)28)23-15-12-16-8-10-17(11-9-16)25-19(26)29-20(2,3)4;/h8-11,24H,6-7,12-15H2,1-5H3,(H,25,26)(H2,21,22,23);1H. The van der Waals surface area contributed by atoms with E-state index in [0.717, 1.165) is 24.8 Å². The summed E-state index contributed by atoms with van der Waals surface area (Å²) in [5, 5.41) is 9.13. The highest BCUT2D eigenvalue weighted by atomic mass is 127. The summed E-state index contributed by atoms with van der Waals surface area (Å²) in [6, 6.07) is 7.59. The van der Waals surface area contributed by atoms with E-state index >= 15 is 0 Å². The molecule has 9 nitrogen and oxygen atoms in total. The van der Waals surface area contributed by atoms with Gasteiger partial charge in [0.05, 0.1) is 6.26 Å². The quantitative estimate of drug-likeness (QED) is 0.149. The molecule has 0 bridgehead atoms. The van der Waals surface area contributed by atoms with Crippen LogP contribution in [-0.4, -0.2) is 58.5 Å². The van der Waals surface area contributed by atoms with E-state index in [0.29, 0.717) is 37.7 Å². The summed E-state index contributed by atoms with van der Waals surface area (Å²) in [5.74, 6) is 0.695. The molecule has 1 aromatic rings. The van der Waals surface area contributed by atoms with Crippen LogP contribution in [0.15, 0.2) is 29.3 Å². The van der Waals surface area contributed by atoms with E-state index < -0.39 is 21.7 Å². The number of aliphatic imine (C=N–C) groups is 1. The average molecular weight is 570 g/mol. The van der Waals surface area contributed by atoms with Gasteiger partial charge in [-0.3, -0.25) is 10.3 Å². The lowest BCUT2D eigenvalue weighted by atomic mass is 10.1. The fourth-order valence-corrected chi connectivity index (χ4v) is 2.89. The molecule has 178 valence electrons. The first-order valence-corrected chi connectivity index (χ1v) is 11.9. The maximum Gasteiger partial charge on any atom is 0.412 e. The molecule has 1 amide bonds. The summed E-state index contributed by atoms with van der Waals surface area (Å²) >= 11 is 0. The Kier molecular flexibility index (Phi) is 13.7. The molecule has 1 rings (SSSR count). The molecule has 0 aliphatic heterocycles.